The van der Waals surface area contributed by atoms with Crippen LogP contribution in [0, 0.1) is 5.82 Å². The van der Waals surface area contributed by atoms with Crippen molar-refractivity contribution in [1.82, 2.24) is 5.32 Å². The van der Waals surface area contributed by atoms with E-state index in [0.717, 1.165) is 11.3 Å². The molecule has 0 aliphatic heterocycles. The molecular weight excluding hydrogens is 392 g/mol. The Morgan fingerprint density at radius 2 is 1.89 bits per heavy atom. The van der Waals surface area contributed by atoms with Gasteiger partial charge in [0.25, 0.3) is 0 Å². The fourth-order valence-electron chi connectivity index (χ4n) is 2.54. The van der Waals surface area contributed by atoms with E-state index in [1.807, 2.05) is 12.1 Å². The third-order valence-corrected chi connectivity index (χ3v) is 4.67. The zero-order valence-electron chi connectivity index (χ0n) is 14.6. The first kappa shape index (κ1) is 19.5. The van der Waals surface area contributed by atoms with E-state index in [0.29, 0.717) is 34.6 Å². The normalized spacial score (nSPS) is 10.8. The number of nitrogens with one attached hydrogen (secondary N) is 1. The lowest BCUT2D eigenvalue weighted by molar-refractivity contribution is 0.279. The third-order valence-electron chi connectivity index (χ3n) is 3.96. The molecule has 1 heterocycles. The molecule has 0 radical (unpaired) electrons. The topological polar surface area (TPSA) is 43.6 Å². The van der Waals surface area contributed by atoms with Crippen LogP contribution in [0.4, 0.5) is 4.39 Å². The van der Waals surface area contributed by atoms with Crippen molar-refractivity contribution in [3.63, 3.8) is 0 Å². The molecule has 142 valence electrons. The van der Waals surface area contributed by atoms with E-state index in [2.05, 4.69) is 5.32 Å². The Hall–Kier alpha value is -2.21. The Morgan fingerprint density at radius 1 is 1.04 bits per heavy atom. The summed E-state index contributed by atoms with van der Waals surface area (Å²) in [6.07, 6.45) is 1.63. The van der Waals surface area contributed by atoms with Gasteiger partial charge in [0, 0.05) is 23.2 Å². The summed E-state index contributed by atoms with van der Waals surface area (Å²) in [6.45, 7) is 1.07. The van der Waals surface area contributed by atoms with Crippen LogP contribution in [0.3, 0.4) is 0 Å². The van der Waals surface area contributed by atoms with Gasteiger partial charge in [0.2, 0.25) is 0 Å². The average molecular weight is 410 g/mol. The van der Waals surface area contributed by atoms with E-state index in [1.54, 1.807) is 30.5 Å². The van der Waals surface area contributed by atoms with E-state index in [4.69, 9.17) is 37.1 Å². The van der Waals surface area contributed by atoms with Gasteiger partial charge >= 0.3 is 0 Å². The van der Waals surface area contributed by atoms with E-state index in [-0.39, 0.29) is 12.2 Å². The Balaban J connectivity index is 1.69. The first-order chi connectivity index (χ1) is 13.1. The van der Waals surface area contributed by atoms with E-state index >= 15 is 0 Å². The van der Waals surface area contributed by atoms with Crippen molar-refractivity contribution < 1.29 is 18.3 Å². The molecule has 1 N–H and O–H groups in total. The summed E-state index contributed by atoms with van der Waals surface area (Å²) >= 11 is 12.4. The van der Waals surface area contributed by atoms with Crippen LogP contribution in [0.25, 0.3) is 0 Å². The lowest BCUT2D eigenvalue weighted by atomic mass is 10.2. The minimum absolute atomic E-state index is 0.0334. The summed E-state index contributed by atoms with van der Waals surface area (Å²) in [7, 11) is 1.53. The van der Waals surface area contributed by atoms with Gasteiger partial charge in [-0.3, -0.25) is 0 Å². The predicted octanol–water partition coefficient (Wildman–Crippen LogP) is 5.60. The van der Waals surface area contributed by atoms with Crippen LogP contribution in [-0.2, 0) is 19.7 Å². The van der Waals surface area contributed by atoms with Gasteiger partial charge in [-0.1, -0.05) is 29.3 Å². The van der Waals surface area contributed by atoms with Crippen LogP contribution in [0.1, 0.15) is 16.9 Å². The Bertz CT molecular complexity index is 880. The van der Waals surface area contributed by atoms with Gasteiger partial charge in [-0.05, 0) is 35.9 Å². The zero-order valence-corrected chi connectivity index (χ0v) is 16.1. The summed E-state index contributed by atoms with van der Waals surface area (Å²) in [5.41, 5.74) is 1.12. The maximum Gasteiger partial charge on any atom is 0.163 e. The minimum atomic E-state index is -0.425. The molecule has 0 spiro atoms. The van der Waals surface area contributed by atoms with Crippen molar-refractivity contribution in [2.24, 2.45) is 0 Å². The quantitative estimate of drug-likeness (QED) is 0.525. The van der Waals surface area contributed by atoms with Crippen LogP contribution in [-0.4, -0.2) is 7.11 Å². The molecule has 4 nitrogen and oxygen atoms in total. The molecule has 0 saturated carbocycles. The van der Waals surface area contributed by atoms with Crippen LogP contribution in [0.5, 0.6) is 11.5 Å². The van der Waals surface area contributed by atoms with Crippen molar-refractivity contribution in [2.75, 3.05) is 7.11 Å². The summed E-state index contributed by atoms with van der Waals surface area (Å²) in [4.78, 5) is 0. The molecule has 0 aliphatic carbocycles. The van der Waals surface area contributed by atoms with E-state index in [9.17, 15) is 4.39 Å². The number of ether oxygens (including phenoxy) is 2. The number of halogens is 3. The molecule has 7 heteroatoms. The summed E-state index contributed by atoms with van der Waals surface area (Å²) < 4.78 is 30.3. The lowest BCUT2D eigenvalue weighted by Gasteiger charge is -2.15. The van der Waals surface area contributed by atoms with Gasteiger partial charge in [-0.15, -0.1) is 0 Å². The highest BCUT2D eigenvalue weighted by molar-refractivity contribution is 6.31. The molecule has 0 unspecified atom stereocenters. The monoisotopic (exact) mass is 409 g/mol. The van der Waals surface area contributed by atoms with Crippen LogP contribution >= 0.6 is 23.2 Å². The number of hydrogen-bond donors (Lipinski definition) is 1. The SMILES string of the molecule is COc1cc(CNCc2ccco2)c(Cl)cc1OCc1c(F)cccc1Cl. The molecule has 27 heavy (non-hydrogen) atoms. The van der Waals surface area contributed by atoms with E-state index < -0.39 is 5.82 Å². The molecule has 0 amide bonds. The van der Waals surface area contributed by atoms with Crippen molar-refractivity contribution in [3.8, 4) is 11.5 Å². The highest BCUT2D eigenvalue weighted by Crippen LogP contribution is 2.34. The van der Waals surface area contributed by atoms with Crippen molar-refractivity contribution in [3.05, 3.63) is 81.5 Å². The van der Waals surface area contributed by atoms with E-state index in [1.165, 1.54) is 13.2 Å². The second-order valence-corrected chi connectivity index (χ2v) is 6.58. The summed E-state index contributed by atoms with van der Waals surface area (Å²) in [5, 5.41) is 4.06. The third kappa shape index (κ3) is 4.95. The second-order valence-electron chi connectivity index (χ2n) is 5.77. The number of rotatable bonds is 8. The number of benzene rings is 2. The molecule has 0 saturated heterocycles. The smallest absolute Gasteiger partial charge is 0.163 e. The average Bonchev–Trinajstić information content (AvgIpc) is 3.16. The van der Waals surface area contributed by atoms with Gasteiger partial charge in [0.1, 0.15) is 18.2 Å². The molecule has 0 atom stereocenters. The number of furan rings is 1. The van der Waals surface area contributed by atoms with Gasteiger partial charge in [0.05, 0.1) is 24.9 Å². The fourth-order valence-corrected chi connectivity index (χ4v) is 2.98. The molecule has 3 rings (SSSR count). The van der Waals surface area contributed by atoms with Gasteiger partial charge in [-0.2, -0.15) is 0 Å². The minimum Gasteiger partial charge on any atom is -0.493 e. The predicted molar refractivity (Wildman–Crippen MR) is 103 cm³/mol. The molecule has 0 aliphatic rings. The molecule has 3 aromatic rings. The molecule has 0 bridgehead atoms. The lowest BCUT2D eigenvalue weighted by Crippen LogP contribution is -2.12. The highest BCUT2D eigenvalue weighted by atomic mass is 35.5. The number of hydrogen-bond acceptors (Lipinski definition) is 4. The molecular formula is C20H18Cl2FNO3. The fraction of sp³-hybridized carbons (Fsp3) is 0.200. The number of methoxy groups -OCH3 is 1. The van der Waals surface area contributed by atoms with Crippen LogP contribution in [0.2, 0.25) is 10.0 Å². The maximum absolute atomic E-state index is 13.9. The van der Waals surface area contributed by atoms with Crippen molar-refractivity contribution in [1.29, 1.82) is 0 Å². The first-order valence-corrected chi connectivity index (χ1v) is 8.99. The van der Waals surface area contributed by atoms with Crippen molar-refractivity contribution >= 4 is 23.2 Å². The standard InChI is InChI=1S/C20H18Cl2FNO3/c1-25-19-8-13(10-24-11-14-4-3-7-26-14)17(22)9-20(19)27-12-15-16(21)5-2-6-18(15)23/h2-9,24H,10-12H2,1H3. The Morgan fingerprint density at radius 3 is 2.59 bits per heavy atom. The van der Waals surface area contributed by atoms with Gasteiger partial charge < -0.3 is 19.2 Å². The Labute approximate surface area is 166 Å². The van der Waals surface area contributed by atoms with Gasteiger partial charge in [0.15, 0.2) is 11.5 Å². The molecule has 0 fully saturated rings. The van der Waals surface area contributed by atoms with Crippen molar-refractivity contribution in [2.45, 2.75) is 19.7 Å². The Kier molecular flexibility index (Phi) is 6.61. The largest absolute Gasteiger partial charge is 0.493 e. The highest BCUT2D eigenvalue weighted by Gasteiger charge is 2.13. The zero-order chi connectivity index (χ0) is 19.2. The summed E-state index contributed by atoms with van der Waals surface area (Å²) in [6, 6.07) is 11.7. The second kappa shape index (κ2) is 9.13. The molecule has 1 aromatic heterocycles. The summed E-state index contributed by atoms with van der Waals surface area (Å²) in [5.74, 6) is 1.32. The van der Waals surface area contributed by atoms with Gasteiger partial charge in [-0.25, -0.2) is 4.39 Å². The maximum atomic E-state index is 13.9. The first-order valence-electron chi connectivity index (χ1n) is 8.23. The van der Waals surface area contributed by atoms with Crippen LogP contribution < -0.4 is 14.8 Å². The van der Waals surface area contributed by atoms with Crippen LogP contribution in [0.15, 0.2) is 53.1 Å². The molecule has 2 aromatic carbocycles.